The number of carbonyl (C=O) groups is 1. The average molecular weight is 485 g/mol. The highest BCUT2D eigenvalue weighted by Crippen LogP contribution is 2.53. The molecule has 1 saturated heterocycles. The predicted octanol–water partition coefficient (Wildman–Crippen LogP) is 5.60. The number of phenols is 1. The van der Waals surface area contributed by atoms with Crippen molar-refractivity contribution in [2.45, 2.75) is 44.3 Å². The average Bonchev–Trinajstić information content (AvgIpc) is 3.01. The molecule has 132 valence electrons. The van der Waals surface area contributed by atoms with E-state index in [0.29, 0.717) is 4.47 Å². The standard InChI is InChI=1S/C19H19Br2NO2S/c1-19(2)5-3-12-15(18(19)24)14(17-13(22-12)4-6-25-17)10-7-9(20)8-11(21)16(10)23/h7-8,14,17,23H,3-6H2,1-2H3. The van der Waals surface area contributed by atoms with Gasteiger partial charge in [0.15, 0.2) is 5.78 Å². The van der Waals surface area contributed by atoms with Crippen LogP contribution in [-0.4, -0.2) is 27.6 Å². The van der Waals surface area contributed by atoms with Crippen LogP contribution in [0.15, 0.2) is 37.3 Å². The van der Waals surface area contributed by atoms with Crippen molar-refractivity contribution in [1.29, 1.82) is 0 Å². The van der Waals surface area contributed by atoms with Crippen LogP contribution in [0.2, 0.25) is 0 Å². The summed E-state index contributed by atoms with van der Waals surface area (Å²) in [6.45, 7) is 4.04. The molecular weight excluding hydrogens is 466 g/mol. The third-order valence-corrected chi connectivity index (χ3v) is 7.83. The molecule has 1 aromatic rings. The van der Waals surface area contributed by atoms with Gasteiger partial charge in [-0.15, -0.1) is 0 Å². The minimum atomic E-state index is -0.369. The summed E-state index contributed by atoms with van der Waals surface area (Å²) in [5.41, 5.74) is 3.38. The number of phenolic OH excluding ortho intramolecular Hbond substituents is 1. The Balaban J connectivity index is 1.94. The number of carbonyl (C=O) groups excluding carboxylic acids is 1. The zero-order chi connectivity index (χ0) is 17.9. The van der Waals surface area contributed by atoms with Crippen molar-refractivity contribution >= 4 is 55.1 Å². The molecule has 1 N–H and O–H groups in total. The lowest BCUT2D eigenvalue weighted by Gasteiger charge is -2.39. The molecular formula is C19H19Br2NO2S. The fourth-order valence-corrected chi connectivity index (χ4v) is 6.69. The van der Waals surface area contributed by atoms with E-state index in [4.69, 9.17) is 4.99 Å². The van der Waals surface area contributed by atoms with Crippen molar-refractivity contribution in [3.63, 3.8) is 0 Å². The van der Waals surface area contributed by atoms with Crippen LogP contribution in [0.4, 0.5) is 0 Å². The van der Waals surface area contributed by atoms with Gasteiger partial charge in [-0.3, -0.25) is 9.79 Å². The Labute approximate surface area is 168 Å². The lowest BCUT2D eigenvalue weighted by atomic mass is 9.68. The topological polar surface area (TPSA) is 49.7 Å². The first-order valence-electron chi connectivity index (χ1n) is 8.44. The highest BCUT2D eigenvalue weighted by molar-refractivity contribution is 9.11. The number of nitrogens with zero attached hydrogens (tertiary/aromatic N) is 1. The molecule has 2 atom stereocenters. The second kappa shape index (κ2) is 6.24. The summed E-state index contributed by atoms with van der Waals surface area (Å²) < 4.78 is 1.54. The first-order valence-corrected chi connectivity index (χ1v) is 11.1. The number of ketones is 1. The molecule has 2 aliphatic heterocycles. The van der Waals surface area contributed by atoms with Gasteiger partial charge in [-0.05, 0) is 53.1 Å². The van der Waals surface area contributed by atoms with Crippen LogP contribution in [-0.2, 0) is 4.79 Å². The second-order valence-corrected chi connectivity index (χ2v) is 10.5. The smallest absolute Gasteiger partial charge is 0.166 e. The summed E-state index contributed by atoms with van der Waals surface area (Å²) in [6, 6.07) is 3.78. The summed E-state index contributed by atoms with van der Waals surface area (Å²) >= 11 is 8.83. The summed E-state index contributed by atoms with van der Waals surface area (Å²) in [4.78, 5) is 18.2. The van der Waals surface area contributed by atoms with Crippen molar-refractivity contribution in [2.24, 2.45) is 10.4 Å². The maximum absolute atomic E-state index is 13.3. The highest BCUT2D eigenvalue weighted by atomic mass is 79.9. The van der Waals surface area contributed by atoms with E-state index in [-0.39, 0.29) is 28.1 Å². The van der Waals surface area contributed by atoms with Crippen LogP contribution < -0.4 is 0 Å². The fourth-order valence-electron chi connectivity index (χ4n) is 4.01. The van der Waals surface area contributed by atoms with Gasteiger partial charge in [0.05, 0.1) is 9.72 Å². The zero-order valence-electron chi connectivity index (χ0n) is 14.1. The SMILES string of the molecule is CC1(C)CCC2=C(C1=O)C(c1cc(Br)cc(Br)c1O)C1SCCC1=N2. The van der Waals surface area contributed by atoms with Gasteiger partial charge in [-0.25, -0.2) is 0 Å². The lowest BCUT2D eigenvalue weighted by molar-refractivity contribution is -0.124. The monoisotopic (exact) mass is 483 g/mol. The summed E-state index contributed by atoms with van der Waals surface area (Å²) in [5.74, 6) is 1.30. The molecule has 25 heavy (non-hydrogen) atoms. The third-order valence-electron chi connectivity index (χ3n) is 5.43. The summed E-state index contributed by atoms with van der Waals surface area (Å²) in [5, 5.41) is 10.9. The van der Waals surface area contributed by atoms with E-state index in [9.17, 15) is 9.90 Å². The summed E-state index contributed by atoms with van der Waals surface area (Å²) in [7, 11) is 0. The number of rotatable bonds is 1. The molecule has 4 rings (SSSR count). The number of aromatic hydroxyl groups is 1. The van der Waals surface area contributed by atoms with Crippen molar-refractivity contribution < 1.29 is 9.90 Å². The molecule has 0 bridgehead atoms. The zero-order valence-corrected chi connectivity index (χ0v) is 18.1. The largest absolute Gasteiger partial charge is 0.506 e. The van der Waals surface area contributed by atoms with E-state index in [1.807, 2.05) is 37.7 Å². The molecule has 0 amide bonds. The number of allylic oxidation sites excluding steroid dienone is 2. The molecule has 1 fully saturated rings. The normalized spacial score (nSPS) is 27.8. The minimum Gasteiger partial charge on any atom is -0.506 e. The maximum Gasteiger partial charge on any atom is 0.166 e. The van der Waals surface area contributed by atoms with E-state index >= 15 is 0 Å². The van der Waals surface area contributed by atoms with Gasteiger partial charge in [0.25, 0.3) is 0 Å². The van der Waals surface area contributed by atoms with E-state index in [1.54, 1.807) is 0 Å². The Bertz CT molecular complexity index is 844. The van der Waals surface area contributed by atoms with Crippen LogP contribution in [0.25, 0.3) is 0 Å². The van der Waals surface area contributed by atoms with Crippen LogP contribution >= 0.6 is 43.6 Å². The molecule has 1 aliphatic carbocycles. The molecule has 0 radical (unpaired) electrons. The van der Waals surface area contributed by atoms with Gasteiger partial charge >= 0.3 is 0 Å². The van der Waals surface area contributed by atoms with Crippen molar-refractivity contribution in [2.75, 3.05) is 5.75 Å². The summed E-state index contributed by atoms with van der Waals surface area (Å²) in [6.07, 6.45) is 2.64. The molecule has 3 nitrogen and oxygen atoms in total. The molecule has 3 aliphatic rings. The molecule has 2 heterocycles. The number of benzene rings is 1. The maximum atomic E-state index is 13.3. The van der Waals surface area contributed by atoms with Gasteiger partial charge in [-0.1, -0.05) is 29.8 Å². The Hall–Kier alpha value is -0.590. The third kappa shape index (κ3) is 2.85. The van der Waals surface area contributed by atoms with Gasteiger partial charge in [0.1, 0.15) is 5.75 Å². The van der Waals surface area contributed by atoms with Crippen LogP contribution in [0.1, 0.15) is 44.6 Å². The van der Waals surface area contributed by atoms with E-state index in [1.165, 1.54) is 5.71 Å². The first-order chi connectivity index (χ1) is 11.8. The molecule has 2 unspecified atom stereocenters. The second-order valence-electron chi connectivity index (χ2n) is 7.52. The molecule has 0 saturated carbocycles. The highest BCUT2D eigenvalue weighted by Gasteiger charge is 2.47. The molecule has 0 spiro atoms. The first kappa shape index (κ1) is 17.8. The van der Waals surface area contributed by atoms with E-state index in [0.717, 1.165) is 46.3 Å². The molecule has 1 aromatic carbocycles. The number of aliphatic imine (C=N–C) groups is 1. The molecule has 6 heteroatoms. The number of hydrogen-bond acceptors (Lipinski definition) is 4. The van der Waals surface area contributed by atoms with Gasteiger partial charge in [0, 0.05) is 38.4 Å². The van der Waals surface area contributed by atoms with E-state index < -0.39 is 0 Å². The number of Topliss-reactive ketones (excluding diaryl/α,β-unsaturated/α-hetero) is 1. The van der Waals surface area contributed by atoms with Crippen molar-refractivity contribution in [1.82, 2.24) is 0 Å². The van der Waals surface area contributed by atoms with Gasteiger partial charge in [-0.2, -0.15) is 11.8 Å². The number of hydrogen-bond donors (Lipinski definition) is 1. The predicted molar refractivity (Wildman–Crippen MR) is 110 cm³/mol. The minimum absolute atomic E-state index is 0.129. The number of thioether (sulfide) groups is 1. The Morgan fingerprint density at radius 2 is 2.04 bits per heavy atom. The van der Waals surface area contributed by atoms with E-state index in [2.05, 4.69) is 31.9 Å². The Morgan fingerprint density at radius 1 is 1.28 bits per heavy atom. The Kier molecular flexibility index (Phi) is 4.44. The van der Waals surface area contributed by atoms with Crippen molar-refractivity contribution in [3.8, 4) is 5.75 Å². The van der Waals surface area contributed by atoms with Gasteiger partial charge < -0.3 is 5.11 Å². The van der Waals surface area contributed by atoms with Crippen LogP contribution in [0, 0.1) is 5.41 Å². The Morgan fingerprint density at radius 3 is 2.80 bits per heavy atom. The van der Waals surface area contributed by atoms with Crippen LogP contribution in [0.5, 0.6) is 5.75 Å². The number of fused-ring (bicyclic) bond motifs is 1. The fraction of sp³-hybridized carbons (Fsp3) is 0.474. The number of halogens is 2. The quantitative estimate of drug-likeness (QED) is 0.564. The van der Waals surface area contributed by atoms with Crippen LogP contribution in [0.3, 0.4) is 0 Å². The van der Waals surface area contributed by atoms with Crippen molar-refractivity contribution in [3.05, 3.63) is 37.9 Å². The van der Waals surface area contributed by atoms with Gasteiger partial charge in [0.2, 0.25) is 0 Å². The molecule has 0 aromatic heterocycles. The lowest BCUT2D eigenvalue weighted by Crippen LogP contribution is -2.38.